The molecule has 1 saturated carbocycles. The Labute approximate surface area is 215 Å². The molecule has 3 aliphatic rings. The SMILES string of the molecule is O=C(NCc1c2c(nn1CCC1CC1)C[C@]1(CCc3cc(OCC(F)(F)F)ccc31)NC2=O)c1ccno1. The molecule has 1 aliphatic heterocycles. The van der Waals surface area contributed by atoms with Crippen LogP contribution in [0.2, 0.25) is 0 Å². The van der Waals surface area contributed by atoms with E-state index in [1.807, 2.05) is 4.68 Å². The van der Waals surface area contributed by atoms with Gasteiger partial charge in [-0.2, -0.15) is 18.3 Å². The third kappa shape index (κ3) is 4.74. The van der Waals surface area contributed by atoms with Gasteiger partial charge in [-0.1, -0.05) is 24.1 Å². The molecule has 9 nitrogen and oxygen atoms in total. The van der Waals surface area contributed by atoms with Gasteiger partial charge in [-0.05, 0) is 48.4 Å². The second-order valence-electron chi connectivity index (χ2n) is 10.2. The number of nitrogens with one attached hydrogen (secondary N) is 2. The molecule has 200 valence electrons. The summed E-state index contributed by atoms with van der Waals surface area (Å²) in [4.78, 5) is 26.0. The number of amides is 2. The number of alkyl halides is 3. The van der Waals surface area contributed by atoms with Crippen molar-refractivity contribution in [2.45, 2.75) is 63.3 Å². The lowest BCUT2D eigenvalue weighted by molar-refractivity contribution is -0.153. The maximum absolute atomic E-state index is 13.5. The van der Waals surface area contributed by atoms with E-state index in [0.717, 1.165) is 17.5 Å². The van der Waals surface area contributed by atoms with Crippen LogP contribution < -0.4 is 15.4 Å². The fraction of sp³-hybridized carbons (Fsp3) is 0.462. The molecule has 2 N–H and O–H groups in total. The highest BCUT2D eigenvalue weighted by atomic mass is 19.4. The van der Waals surface area contributed by atoms with Gasteiger partial charge >= 0.3 is 6.18 Å². The van der Waals surface area contributed by atoms with Crippen LogP contribution >= 0.6 is 0 Å². The first kappa shape index (κ1) is 24.5. The van der Waals surface area contributed by atoms with Crippen LogP contribution in [0.5, 0.6) is 5.75 Å². The summed E-state index contributed by atoms with van der Waals surface area (Å²) < 4.78 is 49.4. The number of hydrogen-bond donors (Lipinski definition) is 2. The summed E-state index contributed by atoms with van der Waals surface area (Å²) in [5.41, 5.74) is 2.76. The summed E-state index contributed by atoms with van der Waals surface area (Å²) in [6.07, 6.45) is 1.93. The van der Waals surface area contributed by atoms with E-state index in [1.165, 1.54) is 31.2 Å². The second kappa shape index (κ2) is 9.17. The summed E-state index contributed by atoms with van der Waals surface area (Å²) in [5, 5.41) is 14.4. The first-order valence-electron chi connectivity index (χ1n) is 12.6. The van der Waals surface area contributed by atoms with Crippen molar-refractivity contribution in [3.05, 3.63) is 64.3 Å². The summed E-state index contributed by atoms with van der Waals surface area (Å²) in [7, 11) is 0. The average Bonchev–Trinajstić information content (AvgIpc) is 3.26. The molecule has 3 aromatic rings. The first-order valence-corrected chi connectivity index (χ1v) is 12.6. The highest BCUT2D eigenvalue weighted by Crippen LogP contribution is 2.44. The Kier molecular flexibility index (Phi) is 5.92. The van der Waals surface area contributed by atoms with Gasteiger partial charge in [0.25, 0.3) is 11.8 Å². The third-order valence-electron chi connectivity index (χ3n) is 7.52. The normalized spacial score (nSPS) is 20.2. The van der Waals surface area contributed by atoms with E-state index >= 15 is 0 Å². The minimum atomic E-state index is -4.42. The molecule has 1 aromatic carbocycles. The largest absolute Gasteiger partial charge is 0.484 e. The van der Waals surface area contributed by atoms with E-state index in [2.05, 4.69) is 15.8 Å². The zero-order chi connectivity index (χ0) is 26.5. The van der Waals surface area contributed by atoms with Gasteiger partial charge in [-0.3, -0.25) is 14.3 Å². The van der Waals surface area contributed by atoms with Crippen LogP contribution in [0, 0.1) is 5.92 Å². The van der Waals surface area contributed by atoms with Crippen LogP contribution in [0.1, 0.15) is 69.1 Å². The number of nitrogens with zero attached hydrogens (tertiary/aromatic N) is 3. The Morgan fingerprint density at radius 1 is 1.29 bits per heavy atom. The molecule has 0 unspecified atom stereocenters. The van der Waals surface area contributed by atoms with Crippen LogP contribution in [-0.4, -0.2) is 39.5 Å². The standard InChI is InChI=1S/C26H26F3N5O4/c27-26(28,29)14-37-17-3-4-18-16(11-17)5-8-25(18)12-19-22(24(36)32-25)20(34(33-19)10-7-15-1-2-15)13-30-23(35)21-6-9-31-38-21/h3-4,6,9,11,15H,1-2,5,7-8,10,12-14H2,(H,30,35)(H,32,36)/t25-/m0/s1. The third-order valence-corrected chi connectivity index (χ3v) is 7.52. The lowest BCUT2D eigenvalue weighted by Crippen LogP contribution is -2.50. The zero-order valence-corrected chi connectivity index (χ0v) is 20.4. The molecule has 12 heteroatoms. The number of ether oxygens (including phenoxy) is 1. The molecule has 2 amide bonds. The van der Waals surface area contributed by atoms with E-state index in [9.17, 15) is 22.8 Å². The number of halogens is 3. The second-order valence-corrected chi connectivity index (χ2v) is 10.2. The van der Waals surface area contributed by atoms with Gasteiger partial charge in [0, 0.05) is 19.0 Å². The zero-order valence-electron chi connectivity index (χ0n) is 20.4. The van der Waals surface area contributed by atoms with Crippen LogP contribution in [0.3, 0.4) is 0 Å². The number of hydrogen-bond acceptors (Lipinski definition) is 6. The Balaban J connectivity index is 1.26. The summed E-state index contributed by atoms with van der Waals surface area (Å²) in [5.74, 6) is 0.163. The van der Waals surface area contributed by atoms with Gasteiger partial charge in [0.1, 0.15) is 5.75 Å². The maximum Gasteiger partial charge on any atom is 0.422 e. The van der Waals surface area contributed by atoms with Crippen molar-refractivity contribution in [2.24, 2.45) is 5.92 Å². The number of rotatable bonds is 8. The molecular formula is C26H26F3N5O4. The quantitative estimate of drug-likeness (QED) is 0.461. The Hall–Kier alpha value is -3.83. The van der Waals surface area contributed by atoms with Crippen molar-refractivity contribution in [2.75, 3.05) is 6.61 Å². The van der Waals surface area contributed by atoms with Gasteiger partial charge in [0.15, 0.2) is 6.61 Å². The van der Waals surface area contributed by atoms with Crippen molar-refractivity contribution in [3.8, 4) is 5.75 Å². The molecule has 2 aliphatic carbocycles. The fourth-order valence-corrected chi connectivity index (χ4v) is 5.50. The summed E-state index contributed by atoms with van der Waals surface area (Å²) in [6.45, 7) is -0.615. The van der Waals surface area contributed by atoms with Gasteiger partial charge in [-0.15, -0.1) is 0 Å². The number of benzene rings is 1. The van der Waals surface area contributed by atoms with Crippen molar-refractivity contribution in [3.63, 3.8) is 0 Å². The van der Waals surface area contributed by atoms with Gasteiger partial charge in [-0.25, -0.2) is 0 Å². The number of carbonyl (C=O) groups excluding carboxylic acids is 2. The van der Waals surface area contributed by atoms with E-state index in [-0.39, 0.29) is 24.0 Å². The molecule has 1 spiro atoms. The topological polar surface area (TPSA) is 111 Å². The molecular weight excluding hydrogens is 503 g/mol. The minimum Gasteiger partial charge on any atom is -0.484 e. The molecule has 3 heterocycles. The number of fused-ring (bicyclic) bond motifs is 3. The van der Waals surface area contributed by atoms with Crippen molar-refractivity contribution >= 4 is 11.8 Å². The summed E-state index contributed by atoms with van der Waals surface area (Å²) >= 11 is 0. The van der Waals surface area contributed by atoms with E-state index in [1.54, 1.807) is 12.1 Å². The molecule has 1 atom stereocenters. The lowest BCUT2D eigenvalue weighted by atomic mass is 9.82. The first-order chi connectivity index (χ1) is 18.2. The molecule has 0 saturated heterocycles. The molecule has 38 heavy (non-hydrogen) atoms. The van der Waals surface area contributed by atoms with E-state index in [4.69, 9.17) is 14.4 Å². The molecule has 6 rings (SSSR count). The predicted octanol–water partition coefficient (Wildman–Crippen LogP) is 3.67. The predicted molar refractivity (Wildman–Crippen MR) is 126 cm³/mol. The van der Waals surface area contributed by atoms with Crippen LogP contribution in [0.15, 0.2) is 35.0 Å². The average molecular weight is 530 g/mol. The Morgan fingerprint density at radius 2 is 2.13 bits per heavy atom. The fourth-order valence-electron chi connectivity index (χ4n) is 5.50. The van der Waals surface area contributed by atoms with Gasteiger partial charge in [0.2, 0.25) is 5.76 Å². The number of aryl methyl sites for hydroxylation is 2. The van der Waals surface area contributed by atoms with Crippen LogP contribution in [0.25, 0.3) is 0 Å². The Morgan fingerprint density at radius 3 is 2.87 bits per heavy atom. The number of aromatic nitrogens is 3. The maximum atomic E-state index is 13.5. The number of carbonyl (C=O) groups is 2. The Bertz CT molecular complexity index is 1380. The van der Waals surface area contributed by atoms with Gasteiger partial charge < -0.3 is 19.9 Å². The molecule has 0 radical (unpaired) electrons. The lowest BCUT2D eigenvalue weighted by Gasteiger charge is -2.35. The van der Waals surface area contributed by atoms with Crippen molar-refractivity contribution < 1.29 is 32.0 Å². The van der Waals surface area contributed by atoms with E-state index in [0.29, 0.717) is 48.7 Å². The van der Waals surface area contributed by atoms with Crippen LogP contribution in [0.4, 0.5) is 13.2 Å². The molecule has 2 aromatic heterocycles. The highest BCUT2D eigenvalue weighted by molar-refractivity contribution is 5.99. The van der Waals surface area contributed by atoms with E-state index < -0.39 is 24.2 Å². The van der Waals surface area contributed by atoms with Crippen molar-refractivity contribution in [1.82, 2.24) is 25.6 Å². The van der Waals surface area contributed by atoms with Gasteiger partial charge in [0.05, 0.1) is 35.2 Å². The minimum absolute atomic E-state index is 0.0764. The summed E-state index contributed by atoms with van der Waals surface area (Å²) in [6, 6.07) is 6.33. The monoisotopic (exact) mass is 529 g/mol. The highest BCUT2D eigenvalue weighted by Gasteiger charge is 2.46. The van der Waals surface area contributed by atoms with Crippen molar-refractivity contribution in [1.29, 1.82) is 0 Å². The molecule has 1 fully saturated rings. The smallest absolute Gasteiger partial charge is 0.422 e. The molecule has 0 bridgehead atoms. The van der Waals surface area contributed by atoms with Crippen LogP contribution in [-0.2, 0) is 31.5 Å².